The third kappa shape index (κ3) is 2.80. The molecule has 0 atom stereocenters. The molecule has 0 unspecified atom stereocenters. The number of aromatic nitrogens is 3. The van der Waals surface area contributed by atoms with Crippen LogP contribution in [0.3, 0.4) is 0 Å². The van der Waals surface area contributed by atoms with Crippen LogP contribution >= 0.6 is 0 Å². The first-order valence-electron chi connectivity index (χ1n) is 7.23. The molecule has 1 aromatic heterocycles. The zero-order valence-corrected chi connectivity index (χ0v) is 11.8. The molecule has 110 valence electrons. The quantitative estimate of drug-likeness (QED) is 0.885. The predicted octanol–water partition coefficient (Wildman–Crippen LogP) is 1.27. The van der Waals surface area contributed by atoms with Gasteiger partial charge in [-0.05, 0) is 25.0 Å². The van der Waals surface area contributed by atoms with Gasteiger partial charge in [-0.15, -0.1) is 5.10 Å². The Morgan fingerprint density at radius 3 is 2.67 bits per heavy atom. The summed E-state index contributed by atoms with van der Waals surface area (Å²) in [6, 6.07) is 9.58. The molecule has 1 aliphatic carbocycles. The Morgan fingerprint density at radius 2 is 2.00 bits per heavy atom. The second-order valence-corrected chi connectivity index (χ2v) is 5.53. The minimum absolute atomic E-state index is 0.204. The van der Waals surface area contributed by atoms with Gasteiger partial charge in [0.05, 0.1) is 17.4 Å². The van der Waals surface area contributed by atoms with Gasteiger partial charge in [-0.2, -0.15) is 0 Å². The SMILES string of the molecule is NCC1(NC(=O)c2cn(-c3ccccc3)nn2)CCCC1. The lowest BCUT2D eigenvalue weighted by Gasteiger charge is -2.28. The Hall–Kier alpha value is -2.21. The molecule has 0 radical (unpaired) electrons. The molecule has 3 N–H and O–H groups in total. The standard InChI is InChI=1S/C15H19N5O/c16-11-15(8-4-5-9-15)17-14(21)13-10-20(19-18-13)12-6-2-1-3-7-12/h1-3,6-7,10H,4-5,8-9,11,16H2,(H,17,21). The maximum Gasteiger partial charge on any atom is 0.273 e. The summed E-state index contributed by atoms with van der Waals surface area (Å²) in [6.45, 7) is 0.464. The van der Waals surface area contributed by atoms with Gasteiger partial charge in [0.15, 0.2) is 5.69 Å². The van der Waals surface area contributed by atoms with E-state index in [1.807, 2.05) is 30.3 Å². The first kappa shape index (κ1) is 13.8. The van der Waals surface area contributed by atoms with E-state index in [9.17, 15) is 4.79 Å². The summed E-state index contributed by atoms with van der Waals surface area (Å²) < 4.78 is 1.60. The number of nitrogens with two attached hydrogens (primary N) is 1. The molecule has 1 aromatic carbocycles. The van der Waals surface area contributed by atoms with Crippen molar-refractivity contribution in [2.75, 3.05) is 6.54 Å². The van der Waals surface area contributed by atoms with Gasteiger partial charge in [-0.1, -0.05) is 36.3 Å². The maximum absolute atomic E-state index is 12.3. The largest absolute Gasteiger partial charge is 0.344 e. The van der Waals surface area contributed by atoms with Crippen molar-refractivity contribution < 1.29 is 4.79 Å². The van der Waals surface area contributed by atoms with Crippen molar-refractivity contribution in [3.05, 3.63) is 42.2 Å². The minimum atomic E-state index is -0.270. The van der Waals surface area contributed by atoms with Gasteiger partial charge in [0.2, 0.25) is 0 Å². The monoisotopic (exact) mass is 285 g/mol. The van der Waals surface area contributed by atoms with Crippen molar-refractivity contribution in [2.24, 2.45) is 5.73 Å². The van der Waals surface area contributed by atoms with Crippen LogP contribution in [-0.4, -0.2) is 33.0 Å². The summed E-state index contributed by atoms with van der Waals surface area (Å²) in [5, 5.41) is 11.0. The van der Waals surface area contributed by atoms with E-state index in [0.717, 1.165) is 31.4 Å². The second-order valence-electron chi connectivity index (χ2n) is 5.53. The van der Waals surface area contributed by atoms with Crippen molar-refractivity contribution in [1.29, 1.82) is 0 Å². The van der Waals surface area contributed by atoms with Crippen LogP contribution in [0.4, 0.5) is 0 Å². The van der Waals surface area contributed by atoms with Crippen LogP contribution in [0.15, 0.2) is 36.5 Å². The summed E-state index contributed by atoms with van der Waals surface area (Å²) >= 11 is 0. The van der Waals surface area contributed by atoms with Crippen molar-refractivity contribution in [3.8, 4) is 5.69 Å². The number of benzene rings is 1. The van der Waals surface area contributed by atoms with Crippen LogP contribution in [-0.2, 0) is 0 Å². The van der Waals surface area contributed by atoms with Gasteiger partial charge < -0.3 is 11.1 Å². The van der Waals surface area contributed by atoms with E-state index in [0.29, 0.717) is 12.2 Å². The first-order chi connectivity index (χ1) is 10.2. The Kier molecular flexibility index (Phi) is 3.70. The van der Waals surface area contributed by atoms with Crippen molar-refractivity contribution in [1.82, 2.24) is 20.3 Å². The van der Waals surface area contributed by atoms with Crippen molar-refractivity contribution in [2.45, 2.75) is 31.2 Å². The highest BCUT2D eigenvalue weighted by Gasteiger charge is 2.34. The number of hydrogen-bond acceptors (Lipinski definition) is 4. The van der Waals surface area contributed by atoms with E-state index in [4.69, 9.17) is 5.73 Å². The number of amides is 1. The van der Waals surface area contributed by atoms with Gasteiger partial charge in [0.1, 0.15) is 0 Å². The van der Waals surface area contributed by atoms with Crippen LogP contribution in [0.2, 0.25) is 0 Å². The molecule has 2 aromatic rings. The number of carbonyl (C=O) groups excluding carboxylic acids is 1. The smallest absolute Gasteiger partial charge is 0.273 e. The zero-order chi connectivity index (χ0) is 14.7. The Morgan fingerprint density at radius 1 is 1.29 bits per heavy atom. The lowest BCUT2D eigenvalue weighted by Crippen LogP contribution is -2.51. The summed E-state index contributed by atoms with van der Waals surface area (Å²) in [5.41, 5.74) is 6.76. The number of nitrogens with one attached hydrogen (secondary N) is 1. The van der Waals surface area contributed by atoms with E-state index >= 15 is 0 Å². The third-order valence-electron chi connectivity index (χ3n) is 4.08. The fourth-order valence-corrected chi connectivity index (χ4v) is 2.81. The second kappa shape index (κ2) is 5.65. The highest BCUT2D eigenvalue weighted by molar-refractivity contribution is 5.92. The summed E-state index contributed by atoms with van der Waals surface area (Å²) in [6.07, 6.45) is 5.72. The van der Waals surface area contributed by atoms with E-state index in [-0.39, 0.29) is 11.4 Å². The first-order valence-corrected chi connectivity index (χ1v) is 7.23. The van der Waals surface area contributed by atoms with E-state index in [1.54, 1.807) is 10.9 Å². The molecule has 3 rings (SSSR count). The zero-order valence-electron chi connectivity index (χ0n) is 11.8. The molecule has 0 bridgehead atoms. The van der Waals surface area contributed by atoms with Crippen LogP contribution in [0.25, 0.3) is 5.69 Å². The van der Waals surface area contributed by atoms with E-state index in [1.165, 1.54) is 0 Å². The van der Waals surface area contributed by atoms with Crippen LogP contribution in [0.1, 0.15) is 36.2 Å². The molecule has 0 spiro atoms. The highest BCUT2D eigenvalue weighted by Crippen LogP contribution is 2.28. The maximum atomic E-state index is 12.3. The Bertz CT molecular complexity index is 616. The molecular weight excluding hydrogens is 266 g/mol. The van der Waals surface area contributed by atoms with E-state index < -0.39 is 0 Å². The Balaban J connectivity index is 1.75. The molecule has 6 heteroatoms. The van der Waals surface area contributed by atoms with Crippen molar-refractivity contribution in [3.63, 3.8) is 0 Å². The van der Waals surface area contributed by atoms with Crippen LogP contribution in [0.5, 0.6) is 0 Å². The van der Waals surface area contributed by atoms with E-state index in [2.05, 4.69) is 15.6 Å². The van der Waals surface area contributed by atoms with Crippen molar-refractivity contribution >= 4 is 5.91 Å². The molecule has 0 saturated heterocycles. The fourth-order valence-electron chi connectivity index (χ4n) is 2.81. The molecule has 1 fully saturated rings. The molecule has 1 saturated carbocycles. The lowest BCUT2D eigenvalue weighted by atomic mass is 9.98. The number of rotatable bonds is 4. The number of para-hydroxylation sites is 1. The van der Waals surface area contributed by atoms with Crippen LogP contribution in [0, 0.1) is 0 Å². The summed E-state index contributed by atoms with van der Waals surface area (Å²) in [7, 11) is 0. The molecular formula is C15H19N5O. The molecule has 6 nitrogen and oxygen atoms in total. The highest BCUT2D eigenvalue weighted by atomic mass is 16.2. The lowest BCUT2D eigenvalue weighted by molar-refractivity contribution is 0.0898. The van der Waals surface area contributed by atoms with Gasteiger partial charge in [-0.25, -0.2) is 4.68 Å². The molecule has 1 aliphatic rings. The number of nitrogens with zero attached hydrogens (tertiary/aromatic N) is 3. The number of hydrogen-bond donors (Lipinski definition) is 2. The summed E-state index contributed by atoms with van der Waals surface area (Å²) in [4.78, 5) is 12.3. The average Bonchev–Trinajstić information content (AvgIpc) is 3.18. The molecule has 21 heavy (non-hydrogen) atoms. The predicted molar refractivity (Wildman–Crippen MR) is 79.1 cm³/mol. The fraction of sp³-hybridized carbons (Fsp3) is 0.400. The van der Waals surface area contributed by atoms with Gasteiger partial charge in [0.25, 0.3) is 5.91 Å². The normalized spacial score (nSPS) is 16.8. The Labute approximate surface area is 123 Å². The molecule has 1 amide bonds. The van der Waals surface area contributed by atoms with Crippen LogP contribution < -0.4 is 11.1 Å². The summed E-state index contributed by atoms with van der Waals surface area (Å²) in [5.74, 6) is -0.204. The average molecular weight is 285 g/mol. The van der Waals surface area contributed by atoms with Gasteiger partial charge >= 0.3 is 0 Å². The topological polar surface area (TPSA) is 85.8 Å². The molecule has 0 aliphatic heterocycles. The van der Waals surface area contributed by atoms with Gasteiger partial charge in [-0.3, -0.25) is 4.79 Å². The van der Waals surface area contributed by atoms with Gasteiger partial charge in [0, 0.05) is 6.54 Å². The third-order valence-corrected chi connectivity index (χ3v) is 4.08. The molecule has 1 heterocycles. The minimum Gasteiger partial charge on any atom is -0.344 e. The number of carbonyl (C=O) groups is 1.